The largest absolute Gasteiger partial charge is 0.383 e. The Balaban J connectivity index is 2.52. The van der Waals surface area contributed by atoms with Gasteiger partial charge in [-0.2, -0.15) is 0 Å². The number of rotatable bonds is 1. The molecular weight excluding hydrogens is 222 g/mol. The molecule has 0 aliphatic heterocycles. The highest BCUT2D eigenvalue weighted by molar-refractivity contribution is 5.71. The van der Waals surface area contributed by atoms with Crippen LogP contribution >= 0.6 is 0 Å². The quantitative estimate of drug-likeness (QED) is 0.833. The molecule has 18 heavy (non-hydrogen) atoms. The van der Waals surface area contributed by atoms with Gasteiger partial charge in [0.2, 0.25) is 0 Å². The molecule has 3 heteroatoms. The van der Waals surface area contributed by atoms with Crippen LogP contribution in [0.2, 0.25) is 0 Å². The Hall–Kier alpha value is -1.77. The van der Waals surface area contributed by atoms with Crippen LogP contribution in [-0.4, -0.2) is 9.55 Å². The lowest BCUT2D eigenvalue weighted by Crippen LogP contribution is -2.22. The number of hydrogen-bond acceptors (Lipinski definition) is 2. The van der Waals surface area contributed by atoms with E-state index in [1.807, 2.05) is 10.9 Å². The van der Waals surface area contributed by atoms with Crippen LogP contribution in [0.1, 0.15) is 31.9 Å². The third-order valence-electron chi connectivity index (χ3n) is 3.31. The van der Waals surface area contributed by atoms with Crippen molar-refractivity contribution in [3.8, 4) is 11.3 Å². The zero-order chi connectivity index (χ0) is 13.5. The fraction of sp³-hybridized carbons (Fsp3) is 0.400. The lowest BCUT2D eigenvalue weighted by molar-refractivity contribution is 0.402. The molecule has 0 radical (unpaired) electrons. The topological polar surface area (TPSA) is 43.8 Å². The number of nitrogens with zero attached hydrogens (tertiary/aromatic N) is 2. The lowest BCUT2D eigenvalue weighted by atomic mass is 10.0. The Morgan fingerprint density at radius 3 is 2.28 bits per heavy atom. The van der Waals surface area contributed by atoms with Crippen molar-refractivity contribution in [1.29, 1.82) is 0 Å². The number of hydrogen-bond donors (Lipinski definition) is 1. The van der Waals surface area contributed by atoms with E-state index in [2.05, 4.69) is 57.8 Å². The van der Waals surface area contributed by atoms with Gasteiger partial charge in [-0.15, -0.1) is 0 Å². The summed E-state index contributed by atoms with van der Waals surface area (Å²) in [7, 11) is 0. The summed E-state index contributed by atoms with van der Waals surface area (Å²) in [5.41, 5.74) is 10.7. The first-order valence-electron chi connectivity index (χ1n) is 6.21. The standard InChI is InChI=1S/C15H21N3/c1-10-6-7-12(8-11(10)2)13-14(16)18(9-17-13)15(3,4)5/h6-9H,16H2,1-5H3. The molecule has 2 rings (SSSR count). The zero-order valence-electron chi connectivity index (χ0n) is 11.8. The third-order valence-corrected chi connectivity index (χ3v) is 3.31. The number of imidazole rings is 1. The lowest BCUT2D eigenvalue weighted by Gasteiger charge is -2.22. The van der Waals surface area contributed by atoms with Crippen molar-refractivity contribution in [2.24, 2.45) is 0 Å². The predicted octanol–water partition coefficient (Wildman–Crippen LogP) is 3.50. The molecule has 1 aromatic heterocycles. The van der Waals surface area contributed by atoms with E-state index in [1.54, 1.807) is 0 Å². The first kappa shape index (κ1) is 12.7. The molecule has 0 amide bonds. The Kier molecular flexibility index (Phi) is 2.93. The van der Waals surface area contributed by atoms with E-state index in [-0.39, 0.29) is 5.54 Å². The molecule has 0 unspecified atom stereocenters. The molecule has 0 aliphatic rings. The number of nitrogen functional groups attached to an aromatic ring is 1. The van der Waals surface area contributed by atoms with E-state index >= 15 is 0 Å². The van der Waals surface area contributed by atoms with Gasteiger partial charge in [0.1, 0.15) is 11.5 Å². The highest BCUT2D eigenvalue weighted by atomic mass is 15.2. The number of nitrogens with two attached hydrogens (primary N) is 1. The minimum Gasteiger partial charge on any atom is -0.383 e. The Bertz CT molecular complexity index is 574. The summed E-state index contributed by atoms with van der Waals surface area (Å²) in [5.74, 6) is 0.728. The highest BCUT2D eigenvalue weighted by Crippen LogP contribution is 2.29. The maximum atomic E-state index is 6.21. The van der Waals surface area contributed by atoms with E-state index in [9.17, 15) is 0 Å². The first-order chi connectivity index (χ1) is 8.30. The van der Waals surface area contributed by atoms with Crippen molar-refractivity contribution in [3.05, 3.63) is 35.7 Å². The zero-order valence-corrected chi connectivity index (χ0v) is 11.8. The normalized spacial score (nSPS) is 11.8. The van der Waals surface area contributed by atoms with E-state index in [0.717, 1.165) is 17.1 Å². The van der Waals surface area contributed by atoms with E-state index in [1.165, 1.54) is 11.1 Å². The monoisotopic (exact) mass is 243 g/mol. The van der Waals surface area contributed by atoms with Gasteiger partial charge in [0, 0.05) is 11.1 Å². The smallest absolute Gasteiger partial charge is 0.132 e. The van der Waals surface area contributed by atoms with Crippen LogP contribution in [0, 0.1) is 13.8 Å². The maximum absolute atomic E-state index is 6.21. The average molecular weight is 243 g/mol. The van der Waals surface area contributed by atoms with E-state index < -0.39 is 0 Å². The fourth-order valence-corrected chi connectivity index (χ4v) is 2.00. The van der Waals surface area contributed by atoms with Crippen molar-refractivity contribution in [3.63, 3.8) is 0 Å². The summed E-state index contributed by atoms with van der Waals surface area (Å²) in [6, 6.07) is 6.33. The third kappa shape index (κ3) is 2.13. The summed E-state index contributed by atoms with van der Waals surface area (Å²) in [5, 5.41) is 0. The number of anilines is 1. The minimum absolute atomic E-state index is 0.0466. The van der Waals surface area contributed by atoms with Gasteiger partial charge < -0.3 is 10.3 Å². The molecule has 0 saturated carbocycles. The molecule has 2 aromatic rings. The van der Waals surface area contributed by atoms with Crippen LogP contribution in [-0.2, 0) is 5.54 Å². The van der Waals surface area contributed by atoms with Gasteiger partial charge >= 0.3 is 0 Å². The Labute approximate surface area is 109 Å². The van der Waals surface area contributed by atoms with Gasteiger partial charge in [0.25, 0.3) is 0 Å². The van der Waals surface area contributed by atoms with Crippen LogP contribution < -0.4 is 5.73 Å². The van der Waals surface area contributed by atoms with Gasteiger partial charge in [-0.25, -0.2) is 4.98 Å². The van der Waals surface area contributed by atoms with Gasteiger partial charge in [0.15, 0.2) is 0 Å². The first-order valence-corrected chi connectivity index (χ1v) is 6.21. The van der Waals surface area contributed by atoms with Gasteiger partial charge in [-0.3, -0.25) is 0 Å². The fourth-order valence-electron chi connectivity index (χ4n) is 2.00. The summed E-state index contributed by atoms with van der Waals surface area (Å²) in [6.07, 6.45) is 1.82. The summed E-state index contributed by atoms with van der Waals surface area (Å²) in [6.45, 7) is 10.6. The van der Waals surface area contributed by atoms with Crippen molar-refractivity contribution >= 4 is 5.82 Å². The Morgan fingerprint density at radius 2 is 1.78 bits per heavy atom. The van der Waals surface area contributed by atoms with Gasteiger partial charge in [-0.1, -0.05) is 12.1 Å². The SMILES string of the molecule is Cc1ccc(-c2ncn(C(C)(C)C)c2N)cc1C. The second-order valence-electron chi connectivity index (χ2n) is 5.82. The molecule has 0 aliphatic carbocycles. The summed E-state index contributed by atoms with van der Waals surface area (Å²) >= 11 is 0. The molecule has 0 fully saturated rings. The van der Waals surface area contributed by atoms with Gasteiger partial charge in [0.05, 0.1) is 6.33 Å². The van der Waals surface area contributed by atoms with Crippen molar-refractivity contribution in [1.82, 2.24) is 9.55 Å². The molecule has 3 nitrogen and oxygen atoms in total. The number of benzene rings is 1. The van der Waals surface area contributed by atoms with Crippen molar-refractivity contribution in [2.45, 2.75) is 40.2 Å². The molecule has 1 aromatic carbocycles. The van der Waals surface area contributed by atoms with Crippen LogP contribution in [0.3, 0.4) is 0 Å². The van der Waals surface area contributed by atoms with Crippen LogP contribution in [0.25, 0.3) is 11.3 Å². The molecule has 0 bridgehead atoms. The maximum Gasteiger partial charge on any atom is 0.132 e. The van der Waals surface area contributed by atoms with Gasteiger partial charge in [-0.05, 0) is 51.8 Å². The van der Waals surface area contributed by atoms with Crippen molar-refractivity contribution < 1.29 is 0 Å². The molecule has 96 valence electrons. The van der Waals surface area contributed by atoms with Crippen LogP contribution in [0.15, 0.2) is 24.5 Å². The number of aryl methyl sites for hydroxylation is 2. The summed E-state index contributed by atoms with van der Waals surface area (Å²) < 4.78 is 2.01. The highest BCUT2D eigenvalue weighted by Gasteiger charge is 2.19. The molecule has 0 saturated heterocycles. The molecule has 1 heterocycles. The van der Waals surface area contributed by atoms with Crippen LogP contribution in [0.5, 0.6) is 0 Å². The second kappa shape index (κ2) is 4.16. The molecule has 2 N–H and O–H groups in total. The van der Waals surface area contributed by atoms with Crippen LogP contribution in [0.4, 0.5) is 5.82 Å². The van der Waals surface area contributed by atoms with E-state index in [0.29, 0.717) is 0 Å². The average Bonchev–Trinajstić information content (AvgIpc) is 2.64. The minimum atomic E-state index is -0.0466. The number of aromatic nitrogens is 2. The Morgan fingerprint density at radius 1 is 1.11 bits per heavy atom. The van der Waals surface area contributed by atoms with E-state index in [4.69, 9.17) is 5.73 Å². The summed E-state index contributed by atoms with van der Waals surface area (Å²) in [4.78, 5) is 4.46. The molecule has 0 atom stereocenters. The van der Waals surface area contributed by atoms with Crippen molar-refractivity contribution in [2.75, 3.05) is 5.73 Å². The predicted molar refractivity (Wildman–Crippen MR) is 76.5 cm³/mol. The second-order valence-corrected chi connectivity index (χ2v) is 5.82. The molecular formula is C15H21N3. The molecule has 0 spiro atoms.